The molecule has 2 saturated heterocycles. The maximum absolute atomic E-state index is 12.9. The van der Waals surface area contributed by atoms with Gasteiger partial charge in [0.1, 0.15) is 6.29 Å². The molecule has 29 heavy (non-hydrogen) atoms. The molecule has 2 atom stereocenters. The molecule has 7 heteroatoms. The summed E-state index contributed by atoms with van der Waals surface area (Å²) in [6.07, 6.45) is 9.94. The van der Waals surface area contributed by atoms with E-state index in [-0.39, 0.29) is 12.2 Å². The van der Waals surface area contributed by atoms with Crippen molar-refractivity contribution in [3.63, 3.8) is 0 Å². The Kier molecular flexibility index (Phi) is 7.81. The molecular weight excluding hydrogens is 368 g/mol. The van der Waals surface area contributed by atoms with Crippen LogP contribution < -0.4 is 16.0 Å². The zero-order chi connectivity index (χ0) is 20.1. The van der Waals surface area contributed by atoms with Crippen LogP contribution in [-0.2, 0) is 14.3 Å². The number of hydrogen-bond donors (Lipinski definition) is 3. The van der Waals surface area contributed by atoms with Crippen LogP contribution in [-0.4, -0.2) is 75.7 Å². The normalized spacial score (nSPS) is 39.3. The van der Waals surface area contributed by atoms with E-state index in [0.29, 0.717) is 37.2 Å². The molecule has 0 spiro atoms. The number of hydrogen-bond acceptors (Lipinski definition) is 6. The van der Waals surface area contributed by atoms with Crippen molar-refractivity contribution in [2.45, 2.75) is 69.8 Å². The molecular formula is C22H40N4O3. The van der Waals surface area contributed by atoms with Crippen molar-refractivity contribution in [3.8, 4) is 0 Å². The Labute approximate surface area is 175 Å². The van der Waals surface area contributed by atoms with Gasteiger partial charge >= 0.3 is 0 Å². The van der Waals surface area contributed by atoms with Gasteiger partial charge in [-0.05, 0) is 56.8 Å². The Morgan fingerprint density at radius 2 is 1.72 bits per heavy atom. The largest absolute Gasteiger partial charge is 0.381 e. The van der Waals surface area contributed by atoms with Gasteiger partial charge in [-0.15, -0.1) is 0 Å². The molecule has 4 fully saturated rings. The van der Waals surface area contributed by atoms with Crippen LogP contribution in [0.5, 0.6) is 0 Å². The average Bonchev–Trinajstić information content (AvgIpc) is 2.80. The molecule has 0 bridgehead atoms. The summed E-state index contributed by atoms with van der Waals surface area (Å²) in [6, 6.07) is 0.414. The van der Waals surface area contributed by atoms with Gasteiger partial charge in [0.25, 0.3) is 0 Å². The zero-order valence-corrected chi connectivity index (χ0v) is 18.0. The second kappa shape index (κ2) is 10.5. The molecule has 2 unspecified atom stereocenters. The van der Waals surface area contributed by atoms with Gasteiger partial charge in [-0.3, -0.25) is 20.7 Å². The predicted molar refractivity (Wildman–Crippen MR) is 112 cm³/mol. The minimum atomic E-state index is 0.170. The van der Waals surface area contributed by atoms with Crippen LogP contribution in [0.2, 0.25) is 0 Å². The lowest BCUT2D eigenvalue weighted by Crippen LogP contribution is -2.63. The van der Waals surface area contributed by atoms with E-state index in [9.17, 15) is 4.79 Å². The van der Waals surface area contributed by atoms with Crippen LogP contribution in [0.25, 0.3) is 0 Å². The third-order valence-electron chi connectivity index (χ3n) is 7.64. The first-order valence-corrected chi connectivity index (χ1v) is 11.8. The number of nitrogens with zero attached hydrogens (tertiary/aromatic N) is 1. The van der Waals surface area contributed by atoms with Crippen molar-refractivity contribution in [2.75, 3.05) is 46.5 Å². The second-order valence-electron chi connectivity index (χ2n) is 9.45. The van der Waals surface area contributed by atoms with Gasteiger partial charge in [-0.2, -0.15) is 0 Å². The Bertz CT molecular complexity index is 512. The van der Waals surface area contributed by atoms with Crippen molar-refractivity contribution in [1.82, 2.24) is 20.9 Å². The summed E-state index contributed by atoms with van der Waals surface area (Å²) in [5.74, 6) is 2.04. The molecule has 2 aliphatic carbocycles. The number of nitrogens with one attached hydrogen (secondary N) is 3. The molecule has 2 saturated carbocycles. The van der Waals surface area contributed by atoms with E-state index >= 15 is 0 Å². The molecule has 0 aromatic heterocycles. The summed E-state index contributed by atoms with van der Waals surface area (Å²) >= 11 is 0. The fourth-order valence-electron chi connectivity index (χ4n) is 5.77. The smallest absolute Gasteiger partial charge is 0.225 e. The number of carbonyl (C=O) groups excluding carboxylic acids is 1. The molecule has 3 N–H and O–H groups in total. The monoisotopic (exact) mass is 408 g/mol. The molecule has 0 radical (unpaired) electrons. The summed E-state index contributed by atoms with van der Waals surface area (Å²) in [6.45, 7) is 5.04. The van der Waals surface area contributed by atoms with E-state index < -0.39 is 0 Å². The van der Waals surface area contributed by atoms with E-state index in [0.717, 1.165) is 57.8 Å². The summed E-state index contributed by atoms with van der Waals surface area (Å²) in [4.78, 5) is 14.9. The van der Waals surface area contributed by atoms with E-state index in [1.165, 1.54) is 25.7 Å². The number of methoxy groups -OCH3 is 1. The molecule has 2 heterocycles. The fourth-order valence-corrected chi connectivity index (χ4v) is 5.77. The molecule has 0 aromatic rings. The predicted octanol–water partition coefficient (Wildman–Crippen LogP) is 1.29. The first-order valence-electron chi connectivity index (χ1n) is 11.8. The number of amides is 1. The van der Waals surface area contributed by atoms with Gasteiger partial charge in [0, 0.05) is 45.2 Å². The quantitative estimate of drug-likeness (QED) is 0.637. The number of ether oxygens (including phenoxy) is 2. The molecule has 7 nitrogen and oxygen atoms in total. The lowest BCUT2D eigenvalue weighted by atomic mass is 9.78. The van der Waals surface area contributed by atoms with Gasteiger partial charge in [0.2, 0.25) is 5.91 Å². The first kappa shape index (κ1) is 21.5. The summed E-state index contributed by atoms with van der Waals surface area (Å²) in [5, 5.41) is 11.1. The van der Waals surface area contributed by atoms with Crippen LogP contribution in [0.3, 0.4) is 0 Å². The van der Waals surface area contributed by atoms with Crippen molar-refractivity contribution in [3.05, 3.63) is 0 Å². The highest BCUT2D eigenvalue weighted by atomic mass is 16.5. The van der Waals surface area contributed by atoms with Gasteiger partial charge < -0.3 is 14.4 Å². The minimum Gasteiger partial charge on any atom is -0.381 e. The SMILES string of the molecule is COC1CCC(C2CNC(NC3CCCC(C(=O)N4CCOCC4)C3)NC2)CC1. The highest BCUT2D eigenvalue weighted by molar-refractivity contribution is 5.79. The third kappa shape index (κ3) is 5.70. The van der Waals surface area contributed by atoms with Crippen molar-refractivity contribution in [1.29, 1.82) is 0 Å². The van der Waals surface area contributed by atoms with Crippen LogP contribution in [0.15, 0.2) is 0 Å². The summed E-state index contributed by atoms with van der Waals surface area (Å²) in [7, 11) is 1.84. The van der Waals surface area contributed by atoms with E-state index in [2.05, 4.69) is 16.0 Å². The first-order chi connectivity index (χ1) is 14.2. The lowest BCUT2D eigenvalue weighted by Gasteiger charge is -2.41. The van der Waals surface area contributed by atoms with Crippen molar-refractivity contribution < 1.29 is 14.3 Å². The third-order valence-corrected chi connectivity index (χ3v) is 7.64. The van der Waals surface area contributed by atoms with Gasteiger partial charge in [0.15, 0.2) is 0 Å². The Hall–Kier alpha value is -0.730. The molecule has 2 aliphatic heterocycles. The lowest BCUT2D eigenvalue weighted by molar-refractivity contribution is -0.141. The number of morpholine rings is 1. The Morgan fingerprint density at radius 1 is 1.00 bits per heavy atom. The van der Waals surface area contributed by atoms with Crippen LogP contribution in [0, 0.1) is 17.8 Å². The molecule has 4 aliphatic rings. The zero-order valence-electron chi connectivity index (χ0n) is 18.0. The highest BCUT2D eigenvalue weighted by Crippen LogP contribution is 2.32. The van der Waals surface area contributed by atoms with Crippen LogP contribution in [0.4, 0.5) is 0 Å². The molecule has 0 aromatic carbocycles. The van der Waals surface area contributed by atoms with Gasteiger partial charge in [0.05, 0.1) is 19.3 Å². The maximum atomic E-state index is 12.9. The van der Waals surface area contributed by atoms with Crippen molar-refractivity contribution in [2.24, 2.45) is 17.8 Å². The fraction of sp³-hybridized carbons (Fsp3) is 0.955. The van der Waals surface area contributed by atoms with E-state index in [1.54, 1.807) is 0 Å². The molecule has 166 valence electrons. The molecule has 4 rings (SSSR count). The Morgan fingerprint density at radius 3 is 2.41 bits per heavy atom. The second-order valence-corrected chi connectivity index (χ2v) is 9.45. The number of carbonyl (C=O) groups is 1. The molecule has 1 amide bonds. The average molecular weight is 409 g/mol. The van der Waals surface area contributed by atoms with E-state index in [1.807, 2.05) is 12.0 Å². The minimum absolute atomic E-state index is 0.170. The highest BCUT2D eigenvalue weighted by Gasteiger charge is 2.34. The Balaban J connectivity index is 1.19. The van der Waals surface area contributed by atoms with Crippen LogP contribution >= 0.6 is 0 Å². The van der Waals surface area contributed by atoms with Gasteiger partial charge in [-0.25, -0.2) is 0 Å². The van der Waals surface area contributed by atoms with E-state index in [4.69, 9.17) is 9.47 Å². The summed E-state index contributed by atoms with van der Waals surface area (Å²) < 4.78 is 10.9. The van der Waals surface area contributed by atoms with Gasteiger partial charge in [-0.1, -0.05) is 6.42 Å². The topological polar surface area (TPSA) is 74.9 Å². The summed E-state index contributed by atoms with van der Waals surface area (Å²) in [5.41, 5.74) is 0. The standard InChI is InChI=1S/C22H40N4O3/c1-28-20-7-5-16(6-8-20)18-14-23-22(24-15-18)25-19-4-2-3-17(13-19)21(27)26-9-11-29-12-10-26/h16-20,22-25H,2-15H2,1H3. The van der Waals surface area contributed by atoms with Crippen LogP contribution in [0.1, 0.15) is 51.4 Å². The van der Waals surface area contributed by atoms with Crippen molar-refractivity contribution >= 4 is 5.91 Å². The maximum Gasteiger partial charge on any atom is 0.225 e. The number of rotatable bonds is 5.